The van der Waals surface area contributed by atoms with Gasteiger partial charge in [0.15, 0.2) is 5.82 Å². The second-order valence-corrected chi connectivity index (χ2v) is 5.44. The van der Waals surface area contributed by atoms with E-state index in [9.17, 15) is 4.79 Å². The number of esters is 1. The summed E-state index contributed by atoms with van der Waals surface area (Å²) in [5.41, 5.74) is -0.139. The highest BCUT2D eigenvalue weighted by atomic mass is 16.5. The Hall–Kier alpha value is -1.43. The third-order valence-corrected chi connectivity index (χ3v) is 4.16. The number of aryl methyl sites for hydroxylation is 1. The van der Waals surface area contributed by atoms with E-state index in [1.807, 2.05) is 0 Å². The van der Waals surface area contributed by atoms with Gasteiger partial charge in [-0.05, 0) is 38.6 Å². The number of hydrogen-bond acceptors (Lipinski definition) is 6. The predicted molar refractivity (Wildman–Crippen MR) is 66.2 cm³/mol. The molecule has 1 saturated heterocycles. The lowest BCUT2D eigenvalue weighted by Crippen LogP contribution is -2.49. The number of rotatable bonds is 5. The number of aromatic nitrogens is 2. The lowest BCUT2D eigenvalue weighted by atomic mass is 9.76. The van der Waals surface area contributed by atoms with Crippen LogP contribution in [0.25, 0.3) is 0 Å². The summed E-state index contributed by atoms with van der Waals surface area (Å²) in [5, 5.41) is 7.55. The molecule has 0 unspecified atom stereocenters. The molecule has 2 heterocycles. The molecule has 1 aromatic rings. The first-order valence-electron chi connectivity index (χ1n) is 6.92. The maximum absolute atomic E-state index is 11.4. The fraction of sp³-hybridized carbons (Fsp3) is 0.769. The molecule has 6 heteroatoms. The van der Waals surface area contributed by atoms with Crippen LogP contribution in [0, 0.1) is 12.8 Å². The average Bonchev–Trinajstić information content (AvgIpc) is 2.92. The molecular formula is C13H19N3O3. The maximum Gasteiger partial charge on any atom is 0.309 e. The number of carbonyl (C=O) groups is 1. The van der Waals surface area contributed by atoms with Crippen LogP contribution in [-0.4, -0.2) is 29.3 Å². The van der Waals surface area contributed by atoms with Gasteiger partial charge in [0.25, 0.3) is 0 Å². The highest BCUT2D eigenvalue weighted by Gasteiger charge is 2.42. The van der Waals surface area contributed by atoms with Crippen molar-refractivity contribution >= 4 is 5.97 Å². The lowest BCUT2D eigenvalue weighted by molar-refractivity contribution is -0.141. The molecule has 1 aromatic heterocycles. The summed E-state index contributed by atoms with van der Waals surface area (Å²) >= 11 is 0. The summed E-state index contributed by atoms with van der Waals surface area (Å²) in [4.78, 5) is 15.7. The molecule has 104 valence electrons. The van der Waals surface area contributed by atoms with Crippen LogP contribution in [0.3, 0.4) is 0 Å². The molecule has 1 saturated carbocycles. The molecule has 2 aliphatic rings. The number of carbonyl (C=O) groups excluding carboxylic acids is 1. The smallest absolute Gasteiger partial charge is 0.309 e. The first-order valence-corrected chi connectivity index (χ1v) is 6.92. The number of cyclic esters (lactones) is 1. The zero-order chi connectivity index (χ0) is 13.3. The quantitative estimate of drug-likeness (QED) is 0.809. The van der Waals surface area contributed by atoms with Gasteiger partial charge in [0, 0.05) is 6.92 Å². The van der Waals surface area contributed by atoms with Crippen LogP contribution in [0.2, 0.25) is 0 Å². The minimum Gasteiger partial charge on any atom is -0.465 e. The first-order chi connectivity index (χ1) is 9.20. The Morgan fingerprint density at radius 1 is 1.47 bits per heavy atom. The van der Waals surface area contributed by atoms with Gasteiger partial charge >= 0.3 is 5.97 Å². The summed E-state index contributed by atoms with van der Waals surface area (Å²) in [7, 11) is 0. The summed E-state index contributed by atoms with van der Waals surface area (Å²) in [6.45, 7) is 3.16. The van der Waals surface area contributed by atoms with Crippen molar-refractivity contribution in [2.24, 2.45) is 5.92 Å². The molecule has 1 aliphatic carbocycles. The standard InChI is InChI=1S/C13H19N3O3/c1-9-15-12(16-19-9)13(5-2-6-13)14-7-3-10-4-8-18-11(10)17/h10,14H,2-8H2,1H3/t10-/m0/s1. The van der Waals surface area contributed by atoms with Crippen molar-refractivity contribution in [1.82, 2.24) is 15.5 Å². The monoisotopic (exact) mass is 265 g/mol. The molecular weight excluding hydrogens is 246 g/mol. The van der Waals surface area contributed by atoms with Crippen LogP contribution in [0.1, 0.15) is 43.8 Å². The highest BCUT2D eigenvalue weighted by Crippen LogP contribution is 2.39. The Kier molecular flexibility index (Phi) is 3.26. The molecule has 0 amide bonds. The van der Waals surface area contributed by atoms with Crippen molar-refractivity contribution in [2.45, 2.75) is 44.6 Å². The fourth-order valence-electron chi connectivity index (χ4n) is 2.79. The van der Waals surface area contributed by atoms with E-state index in [4.69, 9.17) is 9.26 Å². The van der Waals surface area contributed by atoms with Crippen molar-refractivity contribution in [3.05, 3.63) is 11.7 Å². The van der Waals surface area contributed by atoms with Crippen LogP contribution < -0.4 is 5.32 Å². The number of ether oxygens (including phenoxy) is 1. The van der Waals surface area contributed by atoms with Gasteiger partial charge in [-0.15, -0.1) is 0 Å². The van der Waals surface area contributed by atoms with E-state index in [0.717, 1.165) is 38.1 Å². The van der Waals surface area contributed by atoms with E-state index in [1.54, 1.807) is 6.92 Å². The van der Waals surface area contributed by atoms with Gasteiger partial charge in [-0.1, -0.05) is 5.16 Å². The van der Waals surface area contributed by atoms with E-state index >= 15 is 0 Å². The van der Waals surface area contributed by atoms with Gasteiger partial charge in [-0.3, -0.25) is 4.79 Å². The highest BCUT2D eigenvalue weighted by molar-refractivity contribution is 5.74. The molecule has 0 aromatic carbocycles. The van der Waals surface area contributed by atoms with Crippen LogP contribution in [-0.2, 0) is 15.1 Å². The van der Waals surface area contributed by atoms with Crippen LogP contribution >= 0.6 is 0 Å². The van der Waals surface area contributed by atoms with E-state index in [1.165, 1.54) is 6.42 Å². The second kappa shape index (κ2) is 4.92. The topological polar surface area (TPSA) is 77.3 Å². The van der Waals surface area contributed by atoms with Crippen molar-refractivity contribution in [3.63, 3.8) is 0 Å². The SMILES string of the molecule is Cc1nc(C2(NCC[C@H]3CCOC3=O)CCC2)no1. The molecule has 3 rings (SSSR count). The Morgan fingerprint density at radius 2 is 2.32 bits per heavy atom. The molecule has 2 fully saturated rings. The second-order valence-electron chi connectivity index (χ2n) is 5.44. The first kappa shape index (κ1) is 12.6. The van der Waals surface area contributed by atoms with E-state index in [2.05, 4.69) is 15.5 Å². The van der Waals surface area contributed by atoms with Crippen LogP contribution in [0.15, 0.2) is 4.52 Å². The Bertz CT molecular complexity index is 467. The Labute approximate surface area is 111 Å². The van der Waals surface area contributed by atoms with Crippen molar-refractivity contribution < 1.29 is 14.1 Å². The Balaban J connectivity index is 1.57. The van der Waals surface area contributed by atoms with Gasteiger partial charge in [0.05, 0.1) is 18.1 Å². The predicted octanol–water partition coefficient (Wildman–Crippen LogP) is 1.30. The van der Waals surface area contributed by atoms with E-state index in [-0.39, 0.29) is 17.4 Å². The van der Waals surface area contributed by atoms with Crippen LogP contribution in [0.5, 0.6) is 0 Å². The molecule has 0 spiro atoms. The molecule has 6 nitrogen and oxygen atoms in total. The van der Waals surface area contributed by atoms with Gasteiger partial charge in [-0.25, -0.2) is 0 Å². The zero-order valence-electron chi connectivity index (χ0n) is 11.1. The summed E-state index contributed by atoms with van der Waals surface area (Å²) < 4.78 is 10.0. The van der Waals surface area contributed by atoms with Gasteiger partial charge in [0.2, 0.25) is 5.89 Å². The van der Waals surface area contributed by atoms with Crippen molar-refractivity contribution in [1.29, 1.82) is 0 Å². The maximum atomic E-state index is 11.4. The Morgan fingerprint density at radius 3 is 2.84 bits per heavy atom. The largest absolute Gasteiger partial charge is 0.465 e. The summed E-state index contributed by atoms with van der Waals surface area (Å²) in [5.74, 6) is 1.35. The van der Waals surface area contributed by atoms with Gasteiger partial charge in [-0.2, -0.15) is 4.98 Å². The van der Waals surface area contributed by atoms with Crippen molar-refractivity contribution in [3.8, 4) is 0 Å². The third-order valence-electron chi connectivity index (χ3n) is 4.16. The molecule has 0 radical (unpaired) electrons. The minimum atomic E-state index is -0.139. The zero-order valence-corrected chi connectivity index (χ0v) is 11.1. The van der Waals surface area contributed by atoms with E-state index in [0.29, 0.717) is 12.5 Å². The average molecular weight is 265 g/mol. The molecule has 19 heavy (non-hydrogen) atoms. The third kappa shape index (κ3) is 2.36. The van der Waals surface area contributed by atoms with E-state index < -0.39 is 0 Å². The van der Waals surface area contributed by atoms with Crippen molar-refractivity contribution in [2.75, 3.05) is 13.2 Å². The van der Waals surface area contributed by atoms with Gasteiger partial charge in [0.1, 0.15) is 0 Å². The summed E-state index contributed by atoms with van der Waals surface area (Å²) in [6, 6.07) is 0. The number of nitrogens with zero attached hydrogens (tertiary/aromatic N) is 2. The molecule has 1 aliphatic heterocycles. The van der Waals surface area contributed by atoms with Gasteiger partial charge < -0.3 is 14.6 Å². The fourth-order valence-corrected chi connectivity index (χ4v) is 2.79. The number of nitrogens with one attached hydrogen (secondary N) is 1. The molecule has 1 atom stereocenters. The minimum absolute atomic E-state index is 0.0524. The summed E-state index contributed by atoms with van der Waals surface area (Å²) in [6.07, 6.45) is 4.89. The molecule has 0 bridgehead atoms. The number of hydrogen-bond donors (Lipinski definition) is 1. The van der Waals surface area contributed by atoms with Crippen LogP contribution in [0.4, 0.5) is 0 Å². The molecule has 1 N–H and O–H groups in total. The lowest BCUT2D eigenvalue weighted by Gasteiger charge is -2.40. The normalized spacial score (nSPS) is 25.1.